The molecule has 0 saturated carbocycles. The summed E-state index contributed by atoms with van der Waals surface area (Å²) in [5.74, 6) is 0. The van der Waals surface area contributed by atoms with Crippen LogP contribution in [0.1, 0.15) is 46.3 Å². The topological polar surface area (TPSA) is 12.4 Å². The Morgan fingerprint density at radius 3 is 2.20 bits per heavy atom. The Balaban J connectivity index is 2.24. The Kier molecular flexibility index (Phi) is 4.39. The zero-order valence-corrected chi connectivity index (χ0v) is 13.1. The van der Waals surface area contributed by atoms with Crippen LogP contribution >= 0.6 is 0 Å². The van der Waals surface area contributed by atoms with Crippen LogP contribution < -0.4 is 0 Å². The van der Waals surface area contributed by atoms with Crippen molar-refractivity contribution < 1.29 is 0 Å². The molecule has 0 aliphatic heterocycles. The van der Waals surface area contributed by atoms with Gasteiger partial charge in [0.05, 0.1) is 6.04 Å². The Labute approximate surface area is 122 Å². The fourth-order valence-electron chi connectivity index (χ4n) is 2.47. The van der Waals surface area contributed by atoms with E-state index in [1.807, 2.05) is 6.21 Å². The van der Waals surface area contributed by atoms with Crippen LogP contribution in [0.25, 0.3) is 0 Å². The van der Waals surface area contributed by atoms with Gasteiger partial charge in [-0.25, -0.2) is 0 Å². The first-order valence-corrected chi connectivity index (χ1v) is 7.15. The molecule has 1 unspecified atom stereocenters. The van der Waals surface area contributed by atoms with E-state index >= 15 is 0 Å². The fraction of sp³-hybridized carbons (Fsp3) is 0.316. The molecular formula is C19H23N. The zero-order valence-electron chi connectivity index (χ0n) is 13.1. The molecule has 0 spiro atoms. The molecule has 2 aromatic carbocycles. The van der Waals surface area contributed by atoms with Crippen molar-refractivity contribution >= 4 is 6.21 Å². The smallest absolute Gasteiger partial charge is 0.0723 e. The molecule has 0 radical (unpaired) electrons. The number of aliphatic imine (C=N–C) groups is 1. The van der Waals surface area contributed by atoms with Gasteiger partial charge in [-0.15, -0.1) is 0 Å². The Morgan fingerprint density at radius 2 is 1.50 bits per heavy atom. The van der Waals surface area contributed by atoms with Crippen molar-refractivity contribution in [3.8, 4) is 0 Å². The van der Waals surface area contributed by atoms with Crippen molar-refractivity contribution in [2.24, 2.45) is 4.99 Å². The molecule has 2 rings (SSSR count). The molecule has 1 nitrogen and oxygen atoms in total. The minimum atomic E-state index is 0.190. The standard InChI is InChI=1S/C19H23N/c1-13-7-9-19(16(4)10-13)17(5)20-12-18-11-14(2)6-8-15(18)3/h6-12,17H,1-5H3. The lowest BCUT2D eigenvalue weighted by atomic mass is 10.0. The van der Waals surface area contributed by atoms with E-state index in [2.05, 4.69) is 71.0 Å². The highest BCUT2D eigenvalue weighted by Gasteiger charge is 2.06. The third-order valence-corrected chi connectivity index (χ3v) is 3.75. The number of rotatable bonds is 3. The number of hydrogen-bond donors (Lipinski definition) is 0. The van der Waals surface area contributed by atoms with E-state index in [0.29, 0.717) is 0 Å². The number of hydrogen-bond acceptors (Lipinski definition) is 1. The number of benzene rings is 2. The van der Waals surface area contributed by atoms with E-state index < -0.39 is 0 Å². The van der Waals surface area contributed by atoms with E-state index in [1.54, 1.807) is 0 Å². The van der Waals surface area contributed by atoms with Crippen LogP contribution in [0.3, 0.4) is 0 Å². The van der Waals surface area contributed by atoms with Gasteiger partial charge < -0.3 is 0 Å². The van der Waals surface area contributed by atoms with Crippen molar-refractivity contribution in [1.29, 1.82) is 0 Å². The molecule has 2 aromatic rings. The number of aryl methyl sites for hydroxylation is 4. The van der Waals surface area contributed by atoms with Crippen molar-refractivity contribution in [3.05, 3.63) is 69.8 Å². The molecule has 0 aromatic heterocycles. The summed E-state index contributed by atoms with van der Waals surface area (Å²) >= 11 is 0. The van der Waals surface area contributed by atoms with Gasteiger partial charge in [0.2, 0.25) is 0 Å². The summed E-state index contributed by atoms with van der Waals surface area (Å²) in [4.78, 5) is 4.73. The second kappa shape index (κ2) is 6.04. The van der Waals surface area contributed by atoms with Crippen LogP contribution in [0.15, 0.2) is 41.4 Å². The van der Waals surface area contributed by atoms with E-state index in [9.17, 15) is 0 Å². The Hall–Kier alpha value is -1.89. The molecule has 0 saturated heterocycles. The highest BCUT2D eigenvalue weighted by Crippen LogP contribution is 2.22. The normalized spacial score (nSPS) is 12.8. The monoisotopic (exact) mass is 265 g/mol. The van der Waals surface area contributed by atoms with E-state index in [4.69, 9.17) is 4.99 Å². The maximum absolute atomic E-state index is 4.73. The molecule has 0 aliphatic rings. The van der Waals surface area contributed by atoms with Crippen LogP contribution in [0, 0.1) is 27.7 Å². The summed E-state index contributed by atoms with van der Waals surface area (Å²) in [6.07, 6.45) is 2.01. The minimum absolute atomic E-state index is 0.190. The summed E-state index contributed by atoms with van der Waals surface area (Å²) in [7, 11) is 0. The molecular weight excluding hydrogens is 242 g/mol. The summed E-state index contributed by atoms with van der Waals surface area (Å²) in [5.41, 5.74) is 7.68. The molecule has 1 atom stereocenters. The summed E-state index contributed by atoms with van der Waals surface area (Å²) in [6, 6.07) is 13.2. The highest BCUT2D eigenvalue weighted by atomic mass is 14.8. The maximum Gasteiger partial charge on any atom is 0.0723 e. The molecule has 0 fully saturated rings. The second-order valence-electron chi connectivity index (χ2n) is 5.67. The molecule has 1 heteroatoms. The highest BCUT2D eigenvalue weighted by molar-refractivity contribution is 5.82. The van der Waals surface area contributed by atoms with Gasteiger partial charge >= 0.3 is 0 Å². The first-order chi connectivity index (χ1) is 9.47. The quantitative estimate of drug-likeness (QED) is 0.685. The summed E-state index contributed by atoms with van der Waals surface area (Å²) < 4.78 is 0. The first-order valence-electron chi connectivity index (χ1n) is 7.15. The fourth-order valence-corrected chi connectivity index (χ4v) is 2.47. The lowest BCUT2D eigenvalue weighted by Crippen LogP contribution is -1.96. The Bertz CT molecular complexity index is 638. The van der Waals surface area contributed by atoms with Gasteiger partial charge in [-0.05, 0) is 56.9 Å². The molecule has 0 aliphatic carbocycles. The first kappa shape index (κ1) is 14.5. The van der Waals surface area contributed by atoms with Crippen molar-refractivity contribution in [3.63, 3.8) is 0 Å². The average molecular weight is 265 g/mol. The van der Waals surface area contributed by atoms with Gasteiger partial charge in [0.25, 0.3) is 0 Å². The van der Waals surface area contributed by atoms with Crippen LogP contribution in [0.2, 0.25) is 0 Å². The predicted octanol–water partition coefficient (Wildman–Crippen LogP) is 5.10. The van der Waals surface area contributed by atoms with Gasteiger partial charge in [-0.2, -0.15) is 0 Å². The van der Waals surface area contributed by atoms with E-state index in [-0.39, 0.29) is 6.04 Å². The maximum atomic E-state index is 4.73. The molecule has 0 amide bonds. The number of nitrogens with zero attached hydrogens (tertiary/aromatic N) is 1. The predicted molar refractivity (Wildman–Crippen MR) is 87.8 cm³/mol. The van der Waals surface area contributed by atoms with Crippen molar-refractivity contribution in [1.82, 2.24) is 0 Å². The summed E-state index contributed by atoms with van der Waals surface area (Å²) in [5, 5.41) is 0. The van der Waals surface area contributed by atoms with Crippen molar-refractivity contribution in [2.75, 3.05) is 0 Å². The Morgan fingerprint density at radius 1 is 0.850 bits per heavy atom. The second-order valence-corrected chi connectivity index (χ2v) is 5.67. The third-order valence-electron chi connectivity index (χ3n) is 3.75. The van der Waals surface area contributed by atoms with Gasteiger partial charge in [0.15, 0.2) is 0 Å². The lowest BCUT2D eigenvalue weighted by molar-refractivity contribution is 0.816. The van der Waals surface area contributed by atoms with Crippen LogP contribution in [0.5, 0.6) is 0 Å². The largest absolute Gasteiger partial charge is 0.285 e. The molecule has 0 bridgehead atoms. The van der Waals surface area contributed by atoms with Crippen LogP contribution in [0.4, 0.5) is 0 Å². The summed E-state index contributed by atoms with van der Waals surface area (Å²) in [6.45, 7) is 10.7. The SMILES string of the molecule is Cc1ccc(C(C)N=Cc2cc(C)ccc2C)c(C)c1. The van der Waals surface area contributed by atoms with Gasteiger partial charge in [-0.3, -0.25) is 4.99 Å². The molecule has 0 heterocycles. The average Bonchev–Trinajstić information content (AvgIpc) is 2.39. The van der Waals surface area contributed by atoms with Gasteiger partial charge in [0, 0.05) is 6.21 Å². The molecule has 0 N–H and O–H groups in total. The van der Waals surface area contributed by atoms with Crippen LogP contribution in [-0.4, -0.2) is 6.21 Å². The van der Waals surface area contributed by atoms with Crippen LogP contribution in [-0.2, 0) is 0 Å². The third kappa shape index (κ3) is 3.36. The van der Waals surface area contributed by atoms with Gasteiger partial charge in [-0.1, -0.05) is 47.5 Å². The minimum Gasteiger partial charge on any atom is -0.285 e. The molecule has 104 valence electrons. The van der Waals surface area contributed by atoms with Gasteiger partial charge in [0.1, 0.15) is 0 Å². The van der Waals surface area contributed by atoms with E-state index in [0.717, 1.165) is 0 Å². The zero-order chi connectivity index (χ0) is 14.7. The molecule has 20 heavy (non-hydrogen) atoms. The van der Waals surface area contributed by atoms with Crippen molar-refractivity contribution in [2.45, 2.75) is 40.7 Å². The van der Waals surface area contributed by atoms with E-state index in [1.165, 1.54) is 33.4 Å². The lowest BCUT2D eigenvalue weighted by Gasteiger charge is -2.11.